The fourth-order valence-corrected chi connectivity index (χ4v) is 2.27. The lowest BCUT2D eigenvalue weighted by Gasteiger charge is -2.15. The number of nitrogens with zero attached hydrogens (tertiary/aromatic N) is 1. The molecule has 0 amide bonds. The van der Waals surface area contributed by atoms with Crippen molar-refractivity contribution in [3.8, 4) is 17.2 Å². The molecular weight excluding hydrogens is 275 g/mol. The summed E-state index contributed by atoms with van der Waals surface area (Å²) in [6, 6.07) is 11.2. The predicted octanol–water partition coefficient (Wildman–Crippen LogP) is 5.06. The van der Waals surface area contributed by atoms with E-state index in [1.165, 1.54) is 6.07 Å². The molecule has 0 atom stereocenters. The van der Waals surface area contributed by atoms with Gasteiger partial charge in [0, 0.05) is 0 Å². The van der Waals surface area contributed by atoms with E-state index in [1.807, 2.05) is 38.1 Å². The number of alkyl halides is 3. The molecule has 2 aromatic rings. The average molecular weight is 289 g/mol. The van der Waals surface area contributed by atoms with Gasteiger partial charge in [-0.25, -0.2) is 0 Å². The van der Waals surface area contributed by atoms with Gasteiger partial charge in [-0.1, -0.05) is 29.8 Å². The van der Waals surface area contributed by atoms with Crippen molar-refractivity contribution in [3.63, 3.8) is 0 Å². The molecule has 0 radical (unpaired) electrons. The van der Waals surface area contributed by atoms with Crippen molar-refractivity contribution in [2.45, 2.75) is 26.4 Å². The third-order valence-corrected chi connectivity index (χ3v) is 3.39. The molecule has 0 saturated heterocycles. The number of aryl methyl sites for hydroxylation is 2. The van der Waals surface area contributed by atoms with Crippen molar-refractivity contribution >= 4 is 0 Å². The normalized spacial score (nSPS) is 11.2. The second-order valence-corrected chi connectivity index (χ2v) is 5.02. The lowest BCUT2D eigenvalue weighted by molar-refractivity contribution is -0.137. The van der Waals surface area contributed by atoms with E-state index in [1.54, 1.807) is 0 Å². The van der Waals surface area contributed by atoms with Gasteiger partial charge in [0.1, 0.15) is 0 Å². The Bertz CT molecular complexity index is 709. The number of benzene rings is 2. The van der Waals surface area contributed by atoms with Gasteiger partial charge in [0.05, 0.1) is 18.1 Å². The van der Waals surface area contributed by atoms with Crippen molar-refractivity contribution in [1.29, 1.82) is 5.26 Å². The third kappa shape index (κ3) is 3.25. The van der Waals surface area contributed by atoms with Gasteiger partial charge in [0.15, 0.2) is 0 Å². The third-order valence-electron chi connectivity index (χ3n) is 3.39. The molecule has 21 heavy (non-hydrogen) atoms. The lowest BCUT2D eigenvalue weighted by Crippen LogP contribution is -2.06. The van der Waals surface area contributed by atoms with Gasteiger partial charge in [0.2, 0.25) is 0 Å². The summed E-state index contributed by atoms with van der Waals surface area (Å²) in [7, 11) is 0. The van der Waals surface area contributed by atoms with Gasteiger partial charge in [-0.15, -0.1) is 0 Å². The fourth-order valence-electron chi connectivity index (χ4n) is 2.27. The zero-order valence-corrected chi connectivity index (χ0v) is 11.8. The van der Waals surface area contributed by atoms with Gasteiger partial charge in [-0.3, -0.25) is 0 Å². The molecule has 1 nitrogen and oxygen atoms in total. The molecule has 0 aliphatic carbocycles. The summed E-state index contributed by atoms with van der Waals surface area (Å²) in [5.41, 5.74) is 2.99. The van der Waals surface area contributed by atoms with E-state index in [9.17, 15) is 13.2 Å². The van der Waals surface area contributed by atoms with Gasteiger partial charge >= 0.3 is 6.18 Å². The van der Waals surface area contributed by atoms with Crippen LogP contribution in [-0.4, -0.2) is 0 Å². The van der Waals surface area contributed by atoms with Crippen LogP contribution in [0.3, 0.4) is 0 Å². The van der Waals surface area contributed by atoms with Crippen LogP contribution in [-0.2, 0) is 12.6 Å². The highest BCUT2D eigenvalue weighted by molar-refractivity contribution is 5.72. The molecule has 0 saturated carbocycles. The predicted molar refractivity (Wildman–Crippen MR) is 75.7 cm³/mol. The number of hydrogen-bond donors (Lipinski definition) is 0. The molecule has 0 aromatic heterocycles. The van der Waals surface area contributed by atoms with E-state index in [-0.39, 0.29) is 6.42 Å². The van der Waals surface area contributed by atoms with Crippen molar-refractivity contribution in [3.05, 3.63) is 58.7 Å². The van der Waals surface area contributed by atoms with Crippen LogP contribution in [0.4, 0.5) is 13.2 Å². The molecule has 2 aromatic carbocycles. The second kappa shape index (κ2) is 5.61. The molecule has 0 aliphatic heterocycles. The Labute approximate surface area is 121 Å². The van der Waals surface area contributed by atoms with Gasteiger partial charge < -0.3 is 0 Å². The first-order valence-electron chi connectivity index (χ1n) is 6.47. The van der Waals surface area contributed by atoms with Crippen LogP contribution in [0, 0.1) is 25.2 Å². The number of hydrogen-bond acceptors (Lipinski definition) is 1. The maximum absolute atomic E-state index is 12.9. The van der Waals surface area contributed by atoms with Crippen LogP contribution in [0.5, 0.6) is 0 Å². The van der Waals surface area contributed by atoms with Gasteiger partial charge in [-0.2, -0.15) is 18.4 Å². The first-order chi connectivity index (χ1) is 9.82. The number of rotatable bonds is 2. The smallest absolute Gasteiger partial charge is 0.198 e. The maximum atomic E-state index is 12.9. The maximum Gasteiger partial charge on any atom is 0.416 e. The molecule has 0 aliphatic rings. The fraction of sp³-hybridized carbons (Fsp3) is 0.235. The lowest BCUT2D eigenvalue weighted by atomic mass is 9.92. The monoisotopic (exact) mass is 289 g/mol. The Morgan fingerprint density at radius 1 is 1.00 bits per heavy atom. The summed E-state index contributed by atoms with van der Waals surface area (Å²) in [5.74, 6) is 0. The minimum Gasteiger partial charge on any atom is -0.198 e. The molecule has 0 fully saturated rings. The Balaban J connectivity index is 2.69. The topological polar surface area (TPSA) is 23.8 Å². The van der Waals surface area contributed by atoms with Crippen LogP contribution in [0.25, 0.3) is 11.1 Å². The van der Waals surface area contributed by atoms with Gasteiger partial charge in [-0.05, 0) is 48.2 Å². The molecule has 0 N–H and O–H groups in total. The highest BCUT2D eigenvalue weighted by Gasteiger charge is 2.31. The van der Waals surface area contributed by atoms with Crippen LogP contribution in [0.1, 0.15) is 22.3 Å². The van der Waals surface area contributed by atoms with E-state index in [0.717, 1.165) is 28.8 Å². The Hall–Kier alpha value is -2.28. The van der Waals surface area contributed by atoms with Crippen molar-refractivity contribution in [2.75, 3.05) is 0 Å². The first kappa shape index (κ1) is 15.1. The molecule has 0 bridgehead atoms. The van der Waals surface area contributed by atoms with Crippen molar-refractivity contribution in [2.24, 2.45) is 0 Å². The number of halogens is 3. The van der Waals surface area contributed by atoms with Crippen LogP contribution in [0.2, 0.25) is 0 Å². The Kier molecular flexibility index (Phi) is 4.04. The highest BCUT2D eigenvalue weighted by atomic mass is 19.4. The summed E-state index contributed by atoms with van der Waals surface area (Å²) < 4.78 is 38.7. The summed E-state index contributed by atoms with van der Waals surface area (Å²) in [6.45, 7) is 3.74. The summed E-state index contributed by atoms with van der Waals surface area (Å²) in [4.78, 5) is 0. The van der Waals surface area contributed by atoms with E-state index < -0.39 is 11.7 Å². The zero-order chi connectivity index (χ0) is 15.6. The van der Waals surface area contributed by atoms with E-state index >= 15 is 0 Å². The Morgan fingerprint density at radius 3 is 2.33 bits per heavy atom. The Morgan fingerprint density at radius 2 is 1.71 bits per heavy atom. The molecular formula is C17H14F3N. The molecule has 0 unspecified atom stereocenters. The summed E-state index contributed by atoms with van der Waals surface area (Å²) >= 11 is 0. The van der Waals surface area contributed by atoms with Crippen LogP contribution < -0.4 is 0 Å². The second-order valence-electron chi connectivity index (χ2n) is 5.02. The zero-order valence-electron chi connectivity index (χ0n) is 11.8. The van der Waals surface area contributed by atoms with Crippen molar-refractivity contribution in [1.82, 2.24) is 0 Å². The largest absolute Gasteiger partial charge is 0.416 e. The minimum absolute atomic E-state index is 0.0842. The van der Waals surface area contributed by atoms with Crippen LogP contribution in [0.15, 0.2) is 36.4 Å². The van der Waals surface area contributed by atoms with E-state index in [2.05, 4.69) is 0 Å². The molecule has 108 valence electrons. The number of nitriles is 1. The molecule has 2 rings (SSSR count). The highest BCUT2D eigenvalue weighted by Crippen LogP contribution is 2.35. The first-order valence-corrected chi connectivity index (χ1v) is 6.47. The van der Waals surface area contributed by atoms with E-state index in [4.69, 9.17) is 5.26 Å². The molecule has 0 heterocycles. The molecule has 0 spiro atoms. The summed E-state index contributed by atoms with van der Waals surface area (Å²) in [5, 5.41) is 8.87. The van der Waals surface area contributed by atoms with E-state index in [0.29, 0.717) is 11.1 Å². The molecule has 4 heteroatoms. The average Bonchev–Trinajstić information content (AvgIpc) is 2.41. The standard InChI is InChI=1S/C17H14F3N/c1-11-3-4-12(2)15(9-11)16-10-14(17(18,19)20)6-5-13(16)7-8-21/h3-6,9-10H,7H2,1-2H3. The van der Waals surface area contributed by atoms with Gasteiger partial charge in [0.25, 0.3) is 0 Å². The SMILES string of the molecule is Cc1ccc(C)c(-c2cc(C(F)(F)F)ccc2CC#N)c1. The quantitative estimate of drug-likeness (QED) is 0.758. The van der Waals surface area contributed by atoms with Crippen LogP contribution >= 0.6 is 0 Å². The van der Waals surface area contributed by atoms with Crippen molar-refractivity contribution < 1.29 is 13.2 Å². The summed E-state index contributed by atoms with van der Waals surface area (Å²) in [6.07, 6.45) is -4.31. The minimum atomic E-state index is -4.39.